The van der Waals surface area contributed by atoms with Crippen LogP contribution in [-0.4, -0.2) is 35.0 Å². The zero-order valence-electron chi connectivity index (χ0n) is 19.4. The molecular formula is C25H33FO7. The Hall–Kier alpha value is -1.58. The molecule has 0 amide bonds. The summed E-state index contributed by atoms with van der Waals surface area (Å²) in [5.74, 6) is -1.33. The molecule has 1 aromatic carbocycles. The predicted octanol–water partition coefficient (Wildman–Crippen LogP) is 4.96. The molecule has 1 spiro atoms. The summed E-state index contributed by atoms with van der Waals surface area (Å²) in [6.45, 7) is 6.23. The van der Waals surface area contributed by atoms with Gasteiger partial charge < -0.3 is 19.3 Å². The molecule has 5 aliphatic rings. The van der Waals surface area contributed by atoms with Crippen molar-refractivity contribution in [3.8, 4) is 0 Å². The molecule has 9 atom stereocenters. The summed E-state index contributed by atoms with van der Waals surface area (Å²) in [5.41, 5.74) is 0.0399. The zero-order chi connectivity index (χ0) is 23.4. The van der Waals surface area contributed by atoms with Gasteiger partial charge in [0.2, 0.25) is 5.79 Å². The first-order valence-electron chi connectivity index (χ1n) is 12.0. The molecule has 7 nitrogen and oxygen atoms in total. The quantitative estimate of drug-likeness (QED) is 0.596. The van der Waals surface area contributed by atoms with Gasteiger partial charge in [-0.25, -0.2) is 14.2 Å². The Kier molecular flexibility index (Phi) is 6.02. The highest BCUT2D eigenvalue weighted by atomic mass is 19.1. The third-order valence-electron chi connectivity index (χ3n) is 8.26. The Morgan fingerprint density at radius 1 is 1.18 bits per heavy atom. The Bertz CT molecular complexity index is 878. The highest BCUT2D eigenvalue weighted by Gasteiger charge is 2.69. The van der Waals surface area contributed by atoms with Crippen LogP contribution in [0.5, 0.6) is 0 Å². The Balaban J connectivity index is 1.43. The van der Waals surface area contributed by atoms with Crippen molar-refractivity contribution in [3.63, 3.8) is 0 Å². The van der Waals surface area contributed by atoms with Crippen LogP contribution in [0.1, 0.15) is 71.0 Å². The number of fused-ring (bicyclic) bond motifs is 2. The van der Waals surface area contributed by atoms with Gasteiger partial charge in [0.05, 0.1) is 6.10 Å². The number of halogens is 1. The van der Waals surface area contributed by atoms with Gasteiger partial charge in [0.1, 0.15) is 5.82 Å². The SMILES string of the molecule is C[C@@H]1CCC2[C@@H](C)[C@@H](O[C@@H](CCC(=O)O)c3ccc(F)cc3)O[C@@H]3O[C@@]4(C)CC[C@@H]1[C@@]23OO4. The Labute approximate surface area is 193 Å². The summed E-state index contributed by atoms with van der Waals surface area (Å²) in [6, 6.07) is 5.99. The van der Waals surface area contributed by atoms with E-state index in [2.05, 4.69) is 13.8 Å². The Morgan fingerprint density at radius 2 is 1.94 bits per heavy atom. The van der Waals surface area contributed by atoms with Gasteiger partial charge in [-0.1, -0.05) is 26.0 Å². The molecule has 0 aromatic heterocycles. The first-order chi connectivity index (χ1) is 15.7. The van der Waals surface area contributed by atoms with E-state index in [0.717, 1.165) is 31.2 Å². The summed E-state index contributed by atoms with van der Waals surface area (Å²) in [7, 11) is 0. The summed E-state index contributed by atoms with van der Waals surface area (Å²) in [5, 5.41) is 9.24. The van der Waals surface area contributed by atoms with Crippen LogP contribution < -0.4 is 0 Å². The number of hydrogen-bond acceptors (Lipinski definition) is 6. The second-order valence-electron chi connectivity index (χ2n) is 10.4. The maximum absolute atomic E-state index is 13.5. The van der Waals surface area contributed by atoms with E-state index < -0.39 is 36.0 Å². The van der Waals surface area contributed by atoms with Gasteiger partial charge in [-0.15, -0.1) is 0 Å². The second-order valence-corrected chi connectivity index (χ2v) is 10.4. The summed E-state index contributed by atoms with van der Waals surface area (Å²) >= 11 is 0. The van der Waals surface area contributed by atoms with Gasteiger partial charge in [0.15, 0.2) is 18.2 Å². The van der Waals surface area contributed by atoms with E-state index in [0.29, 0.717) is 5.92 Å². The summed E-state index contributed by atoms with van der Waals surface area (Å²) in [6.07, 6.45) is 2.10. The number of rotatable bonds is 6. The van der Waals surface area contributed by atoms with Crippen LogP contribution in [0.3, 0.4) is 0 Å². The molecule has 182 valence electrons. The van der Waals surface area contributed by atoms with E-state index >= 15 is 0 Å². The summed E-state index contributed by atoms with van der Waals surface area (Å²) in [4.78, 5) is 23.3. The van der Waals surface area contributed by atoms with Crippen LogP contribution in [0.15, 0.2) is 24.3 Å². The first-order valence-corrected chi connectivity index (χ1v) is 12.0. The minimum atomic E-state index is -0.908. The van der Waals surface area contributed by atoms with Gasteiger partial charge in [-0.3, -0.25) is 4.79 Å². The minimum absolute atomic E-state index is 0.0290. The van der Waals surface area contributed by atoms with Crippen LogP contribution in [0.25, 0.3) is 0 Å². The predicted molar refractivity (Wildman–Crippen MR) is 114 cm³/mol. The van der Waals surface area contributed by atoms with Crippen molar-refractivity contribution in [1.82, 2.24) is 0 Å². The molecule has 0 radical (unpaired) electrons. The van der Waals surface area contributed by atoms with E-state index in [9.17, 15) is 14.3 Å². The van der Waals surface area contributed by atoms with Crippen molar-refractivity contribution in [2.24, 2.45) is 23.7 Å². The van der Waals surface area contributed by atoms with Gasteiger partial charge in [-0.2, -0.15) is 0 Å². The van der Waals surface area contributed by atoms with Crippen LogP contribution in [-0.2, 0) is 28.8 Å². The van der Waals surface area contributed by atoms with Crippen LogP contribution in [0.2, 0.25) is 0 Å². The number of aliphatic carboxylic acids is 1. The molecule has 6 rings (SSSR count). The van der Waals surface area contributed by atoms with Crippen molar-refractivity contribution in [3.05, 3.63) is 35.6 Å². The molecule has 4 saturated heterocycles. The number of carboxylic acids is 1. The van der Waals surface area contributed by atoms with E-state index in [1.807, 2.05) is 6.92 Å². The fourth-order valence-electron chi connectivity index (χ4n) is 6.43. The van der Waals surface area contributed by atoms with Crippen molar-refractivity contribution < 1.29 is 38.3 Å². The van der Waals surface area contributed by atoms with Crippen molar-refractivity contribution in [2.75, 3.05) is 0 Å². The topological polar surface area (TPSA) is 83.5 Å². The maximum atomic E-state index is 13.5. The lowest BCUT2D eigenvalue weighted by Crippen LogP contribution is -2.70. The average Bonchev–Trinajstić information content (AvgIpc) is 3.01. The number of carbonyl (C=O) groups is 1. The third-order valence-corrected chi connectivity index (χ3v) is 8.26. The van der Waals surface area contributed by atoms with Crippen molar-refractivity contribution in [1.29, 1.82) is 0 Å². The first kappa shape index (κ1) is 23.2. The molecule has 4 aliphatic heterocycles. The summed E-state index contributed by atoms with van der Waals surface area (Å²) < 4.78 is 32.8. The van der Waals surface area contributed by atoms with Crippen LogP contribution in [0.4, 0.5) is 4.39 Å². The standard InChI is InChI=1S/C25H33FO7/c1-14-4-9-19-15(2)22(29-20(10-11-21(27)28)16-5-7-17(26)8-6-16)30-23-25(19)18(14)12-13-24(3,31-23)32-33-25/h5-8,14-15,18-20,22-23H,4,9-13H2,1-3H3,(H,27,28)/t14-,15-,18+,19?,20+,22+,23-,24-,25-/m1/s1. The molecular weight excluding hydrogens is 431 g/mol. The number of carboxylic acid groups (broad SMARTS) is 1. The van der Waals surface area contributed by atoms with Gasteiger partial charge in [0.25, 0.3) is 0 Å². The van der Waals surface area contributed by atoms with Gasteiger partial charge in [-0.05, 0) is 62.1 Å². The van der Waals surface area contributed by atoms with Gasteiger partial charge in [0, 0.05) is 24.7 Å². The van der Waals surface area contributed by atoms with E-state index in [-0.39, 0.29) is 36.4 Å². The molecule has 1 aliphatic carbocycles. The van der Waals surface area contributed by atoms with Gasteiger partial charge >= 0.3 is 5.97 Å². The minimum Gasteiger partial charge on any atom is -0.481 e. The monoisotopic (exact) mass is 464 g/mol. The molecule has 33 heavy (non-hydrogen) atoms. The highest BCUT2D eigenvalue weighted by Crippen LogP contribution is 2.60. The number of benzene rings is 1. The highest BCUT2D eigenvalue weighted by molar-refractivity contribution is 5.66. The molecule has 1 saturated carbocycles. The molecule has 2 bridgehead atoms. The largest absolute Gasteiger partial charge is 0.481 e. The lowest BCUT2D eigenvalue weighted by Gasteiger charge is -2.60. The number of ether oxygens (including phenoxy) is 3. The van der Waals surface area contributed by atoms with Crippen molar-refractivity contribution in [2.45, 2.75) is 89.4 Å². The smallest absolute Gasteiger partial charge is 0.303 e. The zero-order valence-corrected chi connectivity index (χ0v) is 19.4. The lowest BCUT2D eigenvalue weighted by atomic mass is 9.58. The van der Waals surface area contributed by atoms with Crippen LogP contribution >= 0.6 is 0 Å². The van der Waals surface area contributed by atoms with Crippen LogP contribution in [0, 0.1) is 29.5 Å². The average molecular weight is 465 g/mol. The fourth-order valence-corrected chi connectivity index (χ4v) is 6.43. The van der Waals surface area contributed by atoms with E-state index in [4.69, 9.17) is 24.0 Å². The molecule has 4 heterocycles. The molecule has 5 fully saturated rings. The van der Waals surface area contributed by atoms with E-state index in [1.165, 1.54) is 12.1 Å². The number of hydrogen-bond donors (Lipinski definition) is 1. The van der Waals surface area contributed by atoms with Crippen molar-refractivity contribution >= 4 is 5.97 Å². The normalized spacial score (nSPS) is 42.9. The van der Waals surface area contributed by atoms with E-state index in [1.54, 1.807) is 12.1 Å². The molecule has 1 unspecified atom stereocenters. The fraction of sp³-hybridized carbons (Fsp3) is 0.720. The molecule has 1 aromatic rings. The second kappa shape index (κ2) is 8.57. The molecule has 8 heteroatoms. The Morgan fingerprint density at radius 3 is 2.67 bits per heavy atom. The molecule has 1 N–H and O–H groups in total. The lowest BCUT2D eigenvalue weighted by molar-refractivity contribution is -0.578. The third kappa shape index (κ3) is 4.00. The maximum Gasteiger partial charge on any atom is 0.303 e.